The second-order valence-corrected chi connectivity index (χ2v) is 7.40. The summed E-state index contributed by atoms with van der Waals surface area (Å²) in [6.07, 6.45) is 5.08. The molecule has 20 heavy (non-hydrogen) atoms. The molecule has 3 heteroatoms. The third-order valence-electron chi connectivity index (χ3n) is 3.39. The van der Waals surface area contributed by atoms with Crippen molar-refractivity contribution in [2.24, 2.45) is 0 Å². The van der Waals surface area contributed by atoms with Crippen molar-refractivity contribution < 1.29 is 9.16 Å². The molecule has 0 aliphatic carbocycles. The Bertz CT molecular complexity index is 375. The quantitative estimate of drug-likeness (QED) is 0.591. The maximum atomic E-state index is 6.39. The third kappa shape index (κ3) is 5.61. The molecule has 0 radical (unpaired) electrons. The lowest BCUT2D eigenvalue weighted by Crippen LogP contribution is -2.27. The summed E-state index contributed by atoms with van der Waals surface area (Å²) in [5, 5.41) is 0. The fourth-order valence-electron chi connectivity index (χ4n) is 2.25. The van der Waals surface area contributed by atoms with E-state index in [2.05, 4.69) is 44.7 Å². The monoisotopic (exact) mass is 292 g/mol. The molecule has 0 amide bonds. The summed E-state index contributed by atoms with van der Waals surface area (Å²) in [5.74, 6) is 0. The Morgan fingerprint density at radius 2 is 1.90 bits per heavy atom. The van der Waals surface area contributed by atoms with Crippen LogP contribution in [0.25, 0.3) is 6.08 Å². The Kier molecular flexibility index (Phi) is 8.50. The number of rotatable bonds is 10. The third-order valence-corrected chi connectivity index (χ3v) is 5.93. The van der Waals surface area contributed by atoms with Crippen LogP contribution in [0.2, 0.25) is 6.04 Å². The molecule has 0 aliphatic heterocycles. The molecule has 112 valence electrons. The zero-order valence-corrected chi connectivity index (χ0v) is 14.3. The van der Waals surface area contributed by atoms with Gasteiger partial charge in [0.1, 0.15) is 0 Å². The van der Waals surface area contributed by atoms with Crippen molar-refractivity contribution in [3.8, 4) is 0 Å². The van der Waals surface area contributed by atoms with Gasteiger partial charge in [0.2, 0.25) is 9.04 Å². The van der Waals surface area contributed by atoms with Crippen LogP contribution in [0.5, 0.6) is 0 Å². The molecule has 2 unspecified atom stereocenters. The molecule has 0 saturated carbocycles. The molecule has 0 N–H and O–H groups in total. The van der Waals surface area contributed by atoms with E-state index in [1.807, 2.05) is 13.0 Å². The van der Waals surface area contributed by atoms with Crippen LogP contribution in [0, 0.1) is 0 Å². The summed E-state index contributed by atoms with van der Waals surface area (Å²) in [6, 6.07) is 9.70. The van der Waals surface area contributed by atoms with E-state index in [1.165, 1.54) is 18.0 Å². The van der Waals surface area contributed by atoms with E-state index >= 15 is 0 Å². The van der Waals surface area contributed by atoms with Crippen molar-refractivity contribution in [3.63, 3.8) is 0 Å². The first-order valence-corrected chi connectivity index (χ1v) is 9.81. The van der Waals surface area contributed by atoms with Crippen LogP contribution in [0.1, 0.15) is 50.8 Å². The van der Waals surface area contributed by atoms with Gasteiger partial charge in [0.05, 0.1) is 12.3 Å². The van der Waals surface area contributed by atoms with Crippen LogP contribution >= 0.6 is 0 Å². The van der Waals surface area contributed by atoms with E-state index in [4.69, 9.17) is 9.16 Å². The minimum atomic E-state index is -1.26. The zero-order chi connectivity index (χ0) is 14.8. The summed E-state index contributed by atoms with van der Waals surface area (Å²) >= 11 is 0. The van der Waals surface area contributed by atoms with Gasteiger partial charge in [-0.25, -0.2) is 0 Å². The lowest BCUT2D eigenvalue weighted by atomic mass is 10.1. The van der Waals surface area contributed by atoms with Crippen LogP contribution in [0.15, 0.2) is 30.8 Å². The highest BCUT2D eigenvalue weighted by Crippen LogP contribution is 2.23. The predicted molar refractivity (Wildman–Crippen MR) is 89.4 cm³/mol. The molecule has 2 atom stereocenters. The van der Waals surface area contributed by atoms with Gasteiger partial charge in [0.25, 0.3) is 0 Å². The van der Waals surface area contributed by atoms with E-state index in [1.54, 1.807) is 0 Å². The molecular formula is C17H28O2Si. The number of ether oxygens (including phenoxy) is 1. The smallest absolute Gasteiger partial charge is 0.203 e. The summed E-state index contributed by atoms with van der Waals surface area (Å²) in [5.41, 5.74) is 2.42. The minimum absolute atomic E-state index is 0.206. The second-order valence-electron chi connectivity index (χ2n) is 4.97. The Morgan fingerprint density at radius 1 is 1.20 bits per heavy atom. The van der Waals surface area contributed by atoms with Crippen molar-refractivity contribution in [1.29, 1.82) is 0 Å². The fourth-order valence-corrected chi connectivity index (χ4v) is 4.59. The van der Waals surface area contributed by atoms with Gasteiger partial charge in [-0.3, -0.25) is 0 Å². The molecule has 1 rings (SSSR count). The molecule has 1 aromatic rings. The molecule has 0 saturated heterocycles. The number of benzene rings is 1. The zero-order valence-electron chi connectivity index (χ0n) is 13.1. The molecule has 0 aromatic heterocycles. The lowest BCUT2D eigenvalue weighted by Gasteiger charge is -2.23. The highest BCUT2D eigenvalue weighted by Gasteiger charge is 2.18. The van der Waals surface area contributed by atoms with Gasteiger partial charge >= 0.3 is 0 Å². The maximum Gasteiger partial charge on any atom is 0.203 e. The molecule has 0 heterocycles. The average molecular weight is 292 g/mol. The Morgan fingerprint density at radius 3 is 2.40 bits per heavy atom. The standard InChI is InChI=1S/C17H28O2Si/c1-5-13-20(14-18-8-4)19-17(7-3)16-11-9-15(6-2)10-12-16/h6,9-12,17,20H,2,5,7-8,13-14H2,1,3-4H3. The van der Waals surface area contributed by atoms with Crippen LogP contribution < -0.4 is 0 Å². The molecule has 0 fully saturated rings. The van der Waals surface area contributed by atoms with Gasteiger partial charge < -0.3 is 9.16 Å². The SMILES string of the molecule is C=Cc1ccc(C(CC)O[SiH](CCC)COCC)cc1. The van der Waals surface area contributed by atoms with Crippen molar-refractivity contribution >= 4 is 15.1 Å². The Labute approximate surface area is 125 Å². The van der Waals surface area contributed by atoms with E-state index in [0.717, 1.165) is 24.8 Å². The fraction of sp³-hybridized carbons (Fsp3) is 0.529. The van der Waals surface area contributed by atoms with Crippen LogP contribution in [-0.4, -0.2) is 21.9 Å². The van der Waals surface area contributed by atoms with Crippen molar-refractivity contribution in [3.05, 3.63) is 42.0 Å². The normalized spacial score (nSPS) is 13.9. The van der Waals surface area contributed by atoms with Crippen molar-refractivity contribution in [2.75, 3.05) is 12.8 Å². The topological polar surface area (TPSA) is 18.5 Å². The van der Waals surface area contributed by atoms with Gasteiger partial charge in [-0.1, -0.05) is 57.2 Å². The second kappa shape index (κ2) is 9.92. The van der Waals surface area contributed by atoms with Gasteiger partial charge in [0, 0.05) is 6.61 Å². The van der Waals surface area contributed by atoms with Crippen molar-refractivity contribution in [2.45, 2.75) is 45.8 Å². The summed E-state index contributed by atoms with van der Waals surface area (Å²) < 4.78 is 12.0. The first-order chi connectivity index (χ1) is 9.74. The van der Waals surface area contributed by atoms with Gasteiger partial charge in [-0.2, -0.15) is 0 Å². The minimum Gasteiger partial charge on any atom is -0.411 e. The van der Waals surface area contributed by atoms with E-state index in [-0.39, 0.29) is 6.10 Å². The number of hydrogen-bond acceptors (Lipinski definition) is 2. The Balaban J connectivity index is 2.68. The molecule has 2 nitrogen and oxygen atoms in total. The molecule has 0 spiro atoms. The van der Waals surface area contributed by atoms with E-state index < -0.39 is 9.04 Å². The van der Waals surface area contributed by atoms with Crippen molar-refractivity contribution in [1.82, 2.24) is 0 Å². The average Bonchev–Trinajstić information content (AvgIpc) is 2.50. The predicted octanol–water partition coefficient (Wildman–Crippen LogP) is 4.51. The van der Waals surface area contributed by atoms with Crippen LogP contribution in [0.3, 0.4) is 0 Å². The first kappa shape index (κ1) is 17.1. The Hall–Kier alpha value is -0.903. The van der Waals surface area contributed by atoms with E-state index in [9.17, 15) is 0 Å². The summed E-state index contributed by atoms with van der Waals surface area (Å²) in [7, 11) is -1.26. The first-order valence-electron chi connectivity index (χ1n) is 7.70. The maximum absolute atomic E-state index is 6.39. The van der Waals surface area contributed by atoms with Gasteiger partial charge in [0.15, 0.2) is 0 Å². The molecular weight excluding hydrogens is 264 g/mol. The molecule has 0 bridgehead atoms. The van der Waals surface area contributed by atoms with Crippen LogP contribution in [-0.2, 0) is 9.16 Å². The highest BCUT2D eigenvalue weighted by atomic mass is 28.3. The van der Waals surface area contributed by atoms with Gasteiger partial charge in [-0.05, 0) is 30.5 Å². The molecule has 0 aliphatic rings. The molecule has 1 aromatic carbocycles. The largest absolute Gasteiger partial charge is 0.411 e. The number of hydrogen-bond donors (Lipinski definition) is 0. The van der Waals surface area contributed by atoms with Crippen LogP contribution in [0.4, 0.5) is 0 Å². The summed E-state index contributed by atoms with van der Waals surface area (Å²) in [4.78, 5) is 0. The van der Waals surface area contributed by atoms with Gasteiger partial charge in [-0.15, -0.1) is 0 Å². The van der Waals surface area contributed by atoms with E-state index in [0.29, 0.717) is 0 Å². The summed E-state index contributed by atoms with van der Waals surface area (Å²) in [6.45, 7) is 11.0. The lowest BCUT2D eigenvalue weighted by molar-refractivity contribution is 0.145. The highest BCUT2D eigenvalue weighted by molar-refractivity contribution is 6.51.